The van der Waals surface area contributed by atoms with Gasteiger partial charge in [0, 0.05) is 11.5 Å². The Balaban J connectivity index is 0.00000141. The molecular weight excluding hydrogens is 420 g/mol. The Morgan fingerprint density at radius 2 is 1.44 bits per heavy atom. The van der Waals surface area contributed by atoms with E-state index in [0.29, 0.717) is 24.7 Å². The Labute approximate surface area is 185 Å². The van der Waals surface area contributed by atoms with Crippen LogP contribution in [-0.4, -0.2) is 13.2 Å². The summed E-state index contributed by atoms with van der Waals surface area (Å²) in [5.74, 6) is -4.54. The van der Waals surface area contributed by atoms with E-state index in [1.54, 1.807) is 12.2 Å². The molecule has 1 aliphatic heterocycles. The van der Waals surface area contributed by atoms with Crippen LogP contribution >= 0.6 is 0 Å². The van der Waals surface area contributed by atoms with Crippen molar-refractivity contribution in [1.29, 1.82) is 0 Å². The van der Waals surface area contributed by atoms with E-state index in [1.165, 1.54) is 6.08 Å². The van der Waals surface area contributed by atoms with Gasteiger partial charge in [-0.05, 0) is 46.9 Å². The molecule has 6 heteroatoms. The first-order valence-electron chi connectivity index (χ1n) is 10.7. The molecule has 0 aromatic heterocycles. The molecule has 1 heterocycles. The molecule has 32 heavy (non-hydrogen) atoms. The number of benzene rings is 2. The summed E-state index contributed by atoms with van der Waals surface area (Å²) in [5, 5.41) is 0. The lowest BCUT2D eigenvalue weighted by Gasteiger charge is -2.27. The van der Waals surface area contributed by atoms with Crippen LogP contribution in [0.15, 0.2) is 60.5 Å². The highest BCUT2D eigenvalue weighted by Crippen LogP contribution is 2.33. The molecule has 2 aromatic carbocycles. The average molecular weight is 446 g/mol. The number of ether oxygens (including phenoxy) is 2. The Morgan fingerprint density at radius 1 is 0.844 bits per heavy atom. The largest absolute Gasteiger partial charge is 0.348 e. The van der Waals surface area contributed by atoms with E-state index in [4.69, 9.17) is 9.47 Å². The maximum atomic E-state index is 14.9. The first-order valence-corrected chi connectivity index (χ1v) is 10.7. The predicted octanol–water partition coefficient (Wildman–Crippen LogP) is 7.54. The molecule has 1 fully saturated rings. The molecule has 1 aliphatic carbocycles. The van der Waals surface area contributed by atoms with Crippen molar-refractivity contribution in [2.75, 3.05) is 13.2 Å². The zero-order chi connectivity index (χ0) is 23.3. The van der Waals surface area contributed by atoms with Crippen molar-refractivity contribution < 1.29 is 27.0 Å². The fourth-order valence-electron chi connectivity index (χ4n) is 3.46. The standard InChI is InChI=1S/C24H20F4O2.C2H6/c1-14-12-29-24(30-13-14)16-7-5-15(6-8-16)17-3-2-4-19(20(25)9-17)18-10-21(26)23(28)22(27)11-18;1-2/h2-3,5-11,14,24H,4,12-13H2,1H3;1-2H3. The minimum absolute atomic E-state index is 0.0257. The highest BCUT2D eigenvalue weighted by Gasteiger charge is 2.21. The summed E-state index contributed by atoms with van der Waals surface area (Å²) in [6, 6.07) is 9.02. The summed E-state index contributed by atoms with van der Waals surface area (Å²) in [4.78, 5) is 0. The second-order valence-electron chi connectivity index (χ2n) is 7.51. The Hall–Kier alpha value is -2.70. The Bertz CT molecular complexity index is 1010. The van der Waals surface area contributed by atoms with Gasteiger partial charge in [0.1, 0.15) is 5.83 Å². The number of rotatable bonds is 3. The van der Waals surface area contributed by atoms with Gasteiger partial charge in [0.15, 0.2) is 23.7 Å². The van der Waals surface area contributed by atoms with E-state index in [-0.39, 0.29) is 17.6 Å². The van der Waals surface area contributed by atoms with E-state index in [1.807, 2.05) is 38.1 Å². The molecule has 0 radical (unpaired) electrons. The van der Waals surface area contributed by atoms with Crippen molar-refractivity contribution in [1.82, 2.24) is 0 Å². The molecule has 0 spiro atoms. The Morgan fingerprint density at radius 3 is 2.03 bits per heavy atom. The number of hydrogen-bond donors (Lipinski definition) is 0. The summed E-state index contributed by atoms with van der Waals surface area (Å²) in [6.07, 6.45) is 4.46. The molecular formula is C26H26F4O2. The van der Waals surface area contributed by atoms with E-state index in [0.717, 1.165) is 23.3 Å². The molecule has 0 N–H and O–H groups in total. The highest BCUT2D eigenvalue weighted by molar-refractivity contribution is 5.82. The summed E-state index contributed by atoms with van der Waals surface area (Å²) in [7, 11) is 0. The predicted molar refractivity (Wildman–Crippen MR) is 118 cm³/mol. The van der Waals surface area contributed by atoms with Crippen molar-refractivity contribution in [3.63, 3.8) is 0 Å². The van der Waals surface area contributed by atoms with Crippen LogP contribution in [0, 0.1) is 23.4 Å². The summed E-state index contributed by atoms with van der Waals surface area (Å²) >= 11 is 0. The quantitative estimate of drug-likeness (QED) is 0.358. The minimum atomic E-state index is -1.57. The molecule has 0 amide bonds. The third kappa shape index (κ3) is 5.37. The van der Waals surface area contributed by atoms with Crippen molar-refractivity contribution in [2.45, 2.75) is 33.5 Å². The first-order chi connectivity index (χ1) is 15.4. The van der Waals surface area contributed by atoms with Crippen LogP contribution in [0.5, 0.6) is 0 Å². The lowest BCUT2D eigenvalue weighted by molar-refractivity contribution is -0.202. The van der Waals surface area contributed by atoms with Gasteiger partial charge in [-0.15, -0.1) is 0 Å². The van der Waals surface area contributed by atoms with Crippen LogP contribution in [0.1, 0.15) is 50.2 Å². The van der Waals surface area contributed by atoms with Gasteiger partial charge < -0.3 is 9.47 Å². The fraction of sp³-hybridized carbons (Fsp3) is 0.308. The normalized spacial score (nSPS) is 20.9. The Kier molecular flexibility index (Phi) is 8.04. The molecule has 1 saturated heterocycles. The van der Waals surface area contributed by atoms with Crippen LogP contribution in [0.25, 0.3) is 11.1 Å². The van der Waals surface area contributed by atoms with Gasteiger partial charge in [-0.3, -0.25) is 0 Å². The second-order valence-corrected chi connectivity index (χ2v) is 7.51. The molecule has 0 bridgehead atoms. The van der Waals surface area contributed by atoms with E-state index < -0.39 is 29.6 Å². The van der Waals surface area contributed by atoms with Gasteiger partial charge in [0.25, 0.3) is 0 Å². The van der Waals surface area contributed by atoms with Crippen LogP contribution < -0.4 is 0 Å². The maximum absolute atomic E-state index is 14.9. The van der Waals surface area contributed by atoms with Crippen LogP contribution in [0.4, 0.5) is 17.6 Å². The molecule has 2 aliphatic rings. The number of hydrogen-bond acceptors (Lipinski definition) is 2. The molecule has 2 aromatic rings. The van der Waals surface area contributed by atoms with Gasteiger partial charge >= 0.3 is 0 Å². The summed E-state index contributed by atoms with van der Waals surface area (Å²) in [6.45, 7) is 7.31. The van der Waals surface area contributed by atoms with Crippen molar-refractivity contribution in [2.24, 2.45) is 5.92 Å². The number of allylic oxidation sites excluding steroid dienone is 6. The lowest BCUT2D eigenvalue weighted by Crippen LogP contribution is -2.24. The van der Waals surface area contributed by atoms with Gasteiger partial charge in [-0.1, -0.05) is 57.2 Å². The second kappa shape index (κ2) is 10.7. The van der Waals surface area contributed by atoms with E-state index in [9.17, 15) is 17.6 Å². The maximum Gasteiger partial charge on any atom is 0.194 e. The van der Waals surface area contributed by atoms with Crippen molar-refractivity contribution in [3.8, 4) is 0 Å². The van der Waals surface area contributed by atoms with Crippen LogP contribution in [0.2, 0.25) is 0 Å². The van der Waals surface area contributed by atoms with Crippen molar-refractivity contribution >= 4 is 11.1 Å². The zero-order valence-electron chi connectivity index (χ0n) is 18.3. The lowest BCUT2D eigenvalue weighted by atomic mass is 10.0. The molecule has 0 saturated carbocycles. The molecule has 4 rings (SSSR count). The average Bonchev–Trinajstić information content (AvgIpc) is 3.00. The third-order valence-electron chi connectivity index (χ3n) is 5.10. The SMILES string of the molecule is CC.CC1COC(c2ccc(C3=CC(F)=C(c4cc(F)c(F)c(F)c4)CC=C3)cc2)OC1. The molecule has 0 unspecified atom stereocenters. The van der Waals surface area contributed by atoms with E-state index in [2.05, 4.69) is 6.92 Å². The third-order valence-corrected chi connectivity index (χ3v) is 5.10. The van der Waals surface area contributed by atoms with Gasteiger partial charge in [0.2, 0.25) is 0 Å². The molecule has 170 valence electrons. The fourth-order valence-corrected chi connectivity index (χ4v) is 3.46. The van der Waals surface area contributed by atoms with Crippen LogP contribution in [-0.2, 0) is 9.47 Å². The molecule has 2 nitrogen and oxygen atoms in total. The van der Waals surface area contributed by atoms with Crippen LogP contribution in [0.3, 0.4) is 0 Å². The summed E-state index contributed by atoms with van der Waals surface area (Å²) in [5.41, 5.74) is 2.32. The van der Waals surface area contributed by atoms with Crippen molar-refractivity contribution in [3.05, 3.63) is 94.6 Å². The van der Waals surface area contributed by atoms with Gasteiger partial charge in [0.05, 0.1) is 13.2 Å². The monoisotopic (exact) mass is 446 g/mol. The molecule has 0 atom stereocenters. The smallest absolute Gasteiger partial charge is 0.194 e. The van der Waals surface area contributed by atoms with Gasteiger partial charge in [-0.2, -0.15) is 0 Å². The number of halogens is 4. The summed E-state index contributed by atoms with van der Waals surface area (Å²) < 4.78 is 66.6. The van der Waals surface area contributed by atoms with E-state index >= 15 is 0 Å². The first kappa shape index (κ1) is 24.0. The van der Waals surface area contributed by atoms with Gasteiger partial charge in [-0.25, -0.2) is 17.6 Å². The minimum Gasteiger partial charge on any atom is -0.348 e. The zero-order valence-corrected chi connectivity index (χ0v) is 18.3. The topological polar surface area (TPSA) is 18.5 Å². The highest BCUT2D eigenvalue weighted by atomic mass is 19.2.